The predicted octanol–water partition coefficient (Wildman–Crippen LogP) is 3.94. The fourth-order valence-corrected chi connectivity index (χ4v) is 3.81. The molecule has 0 saturated carbocycles. The average Bonchev–Trinajstić information content (AvgIpc) is 2.73. The molecular formula is C21H22Cl2N2O5. The molecule has 3 rings (SSSR count). The van der Waals surface area contributed by atoms with Crippen molar-refractivity contribution in [2.75, 3.05) is 50.2 Å². The molecule has 1 aliphatic heterocycles. The molecule has 0 atom stereocenters. The molecule has 1 saturated heterocycles. The summed E-state index contributed by atoms with van der Waals surface area (Å²) in [6, 6.07) is 8.31. The van der Waals surface area contributed by atoms with E-state index in [9.17, 15) is 9.59 Å². The van der Waals surface area contributed by atoms with Crippen LogP contribution < -0.4 is 15.0 Å². The van der Waals surface area contributed by atoms with Crippen LogP contribution in [0, 0.1) is 6.92 Å². The summed E-state index contributed by atoms with van der Waals surface area (Å²) in [6.45, 7) is 4.06. The first-order valence-electron chi connectivity index (χ1n) is 9.32. The molecule has 1 N–H and O–H groups in total. The van der Waals surface area contributed by atoms with Crippen LogP contribution in [0.2, 0.25) is 10.0 Å². The highest BCUT2D eigenvalue weighted by molar-refractivity contribution is 6.35. The molecule has 7 nitrogen and oxygen atoms in total. The molecule has 0 spiro atoms. The van der Waals surface area contributed by atoms with Gasteiger partial charge in [0.2, 0.25) is 0 Å². The summed E-state index contributed by atoms with van der Waals surface area (Å²) in [5, 5.41) is 3.64. The zero-order valence-electron chi connectivity index (χ0n) is 16.7. The van der Waals surface area contributed by atoms with Crippen molar-refractivity contribution in [2.45, 2.75) is 6.92 Å². The lowest BCUT2D eigenvalue weighted by molar-refractivity contribution is -0.118. The molecular weight excluding hydrogens is 431 g/mol. The number of rotatable bonds is 6. The fourth-order valence-electron chi connectivity index (χ4n) is 3.16. The van der Waals surface area contributed by atoms with Gasteiger partial charge in [0.15, 0.2) is 6.61 Å². The minimum atomic E-state index is -0.487. The van der Waals surface area contributed by atoms with Crippen LogP contribution in [0.15, 0.2) is 30.3 Å². The molecule has 2 aromatic rings. The Morgan fingerprint density at radius 2 is 1.90 bits per heavy atom. The van der Waals surface area contributed by atoms with Gasteiger partial charge < -0.3 is 24.4 Å². The van der Waals surface area contributed by atoms with Crippen LogP contribution >= 0.6 is 23.2 Å². The monoisotopic (exact) mass is 452 g/mol. The van der Waals surface area contributed by atoms with E-state index in [0.717, 1.165) is 11.3 Å². The summed E-state index contributed by atoms with van der Waals surface area (Å²) in [7, 11) is 1.31. The lowest BCUT2D eigenvalue weighted by Crippen LogP contribution is -2.37. The first-order chi connectivity index (χ1) is 14.4. The van der Waals surface area contributed by atoms with Crippen LogP contribution in [0.4, 0.5) is 11.4 Å². The smallest absolute Gasteiger partial charge is 0.337 e. The Balaban J connectivity index is 1.77. The molecule has 0 unspecified atom stereocenters. The number of nitrogens with zero attached hydrogens (tertiary/aromatic N) is 1. The highest BCUT2D eigenvalue weighted by atomic mass is 35.5. The van der Waals surface area contributed by atoms with Crippen LogP contribution in [-0.2, 0) is 14.3 Å². The minimum absolute atomic E-state index is 0.257. The molecule has 9 heteroatoms. The molecule has 0 radical (unpaired) electrons. The summed E-state index contributed by atoms with van der Waals surface area (Å²) in [5.41, 5.74) is 2.34. The molecule has 0 aliphatic carbocycles. The lowest BCUT2D eigenvalue weighted by Gasteiger charge is -2.30. The number of aryl methyl sites for hydroxylation is 1. The normalized spacial score (nSPS) is 13.7. The van der Waals surface area contributed by atoms with E-state index in [1.54, 1.807) is 37.3 Å². The zero-order valence-corrected chi connectivity index (χ0v) is 18.2. The molecule has 160 valence electrons. The quantitative estimate of drug-likeness (QED) is 0.668. The Kier molecular flexibility index (Phi) is 7.42. The summed E-state index contributed by atoms with van der Waals surface area (Å²) in [6.07, 6.45) is 0. The second kappa shape index (κ2) is 10.0. The number of halogens is 2. The number of benzene rings is 2. The van der Waals surface area contributed by atoms with E-state index in [1.807, 2.05) is 0 Å². The predicted molar refractivity (Wildman–Crippen MR) is 116 cm³/mol. The number of anilines is 2. The van der Waals surface area contributed by atoms with Crippen LogP contribution in [0.25, 0.3) is 0 Å². The Bertz CT molecular complexity index is 922. The van der Waals surface area contributed by atoms with Crippen molar-refractivity contribution in [2.24, 2.45) is 0 Å². The average molecular weight is 453 g/mol. The van der Waals surface area contributed by atoms with E-state index in [2.05, 4.69) is 10.2 Å². The third-order valence-electron chi connectivity index (χ3n) is 4.59. The summed E-state index contributed by atoms with van der Waals surface area (Å²) >= 11 is 12.1. The number of carbonyl (C=O) groups is 2. The van der Waals surface area contributed by atoms with Crippen molar-refractivity contribution in [3.05, 3.63) is 51.5 Å². The zero-order chi connectivity index (χ0) is 21.7. The van der Waals surface area contributed by atoms with E-state index in [4.69, 9.17) is 37.4 Å². The van der Waals surface area contributed by atoms with Gasteiger partial charge in [-0.15, -0.1) is 0 Å². The number of nitrogens with one attached hydrogen (secondary N) is 1. The van der Waals surface area contributed by atoms with Crippen LogP contribution in [0.3, 0.4) is 0 Å². The van der Waals surface area contributed by atoms with E-state index in [1.165, 1.54) is 7.11 Å². The van der Waals surface area contributed by atoms with Crippen molar-refractivity contribution in [1.82, 2.24) is 0 Å². The van der Waals surface area contributed by atoms with Gasteiger partial charge in [0, 0.05) is 18.1 Å². The van der Waals surface area contributed by atoms with Crippen LogP contribution in [0.1, 0.15) is 15.9 Å². The maximum absolute atomic E-state index is 12.6. The number of amides is 1. The fraction of sp³-hybridized carbons (Fsp3) is 0.333. The topological polar surface area (TPSA) is 77.1 Å². The molecule has 1 heterocycles. The number of hydrogen-bond acceptors (Lipinski definition) is 6. The highest BCUT2D eigenvalue weighted by Gasteiger charge is 2.19. The SMILES string of the molecule is COC(=O)c1ccc(N2CCOCC2)c(NC(=O)COc2c(C)cc(Cl)cc2Cl)c1. The molecule has 2 aromatic carbocycles. The first kappa shape index (κ1) is 22.2. The number of esters is 1. The number of methoxy groups -OCH3 is 1. The number of hydrogen-bond donors (Lipinski definition) is 1. The molecule has 0 bridgehead atoms. The summed E-state index contributed by atoms with van der Waals surface area (Å²) < 4.78 is 15.8. The largest absolute Gasteiger partial charge is 0.482 e. The maximum Gasteiger partial charge on any atom is 0.337 e. The van der Waals surface area contributed by atoms with Crippen molar-refractivity contribution < 1.29 is 23.8 Å². The van der Waals surface area contributed by atoms with Crippen molar-refractivity contribution in [1.29, 1.82) is 0 Å². The van der Waals surface area contributed by atoms with Crippen LogP contribution in [-0.4, -0.2) is 51.9 Å². The second-order valence-corrected chi connectivity index (χ2v) is 7.54. The number of carbonyl (C=O) groups excluding carboxylic acids is 2. The van der Waals surface area contributed by atoms with Gasteiger partial charge in [-0.25, -0.2) is 4.79 Å². The second-order valence-electron chi connectivity index (χ2n) is 6.69. The van der Waals surface area contributed by atoms with Gasteiger partial charge >= 0.3 is 5.97 Å². The van der Waals surface area contributed by atoms with Gasteiger partial charge in [-0.1, -0.05) is 23.2 Å². The van der Waals surface area contributed by atoms with Gasteiger partial charge in [-0.2, -0.15) is 0 Å². The number of ether oxygens (including phenoxy) is 3. The van der Waals surface area contributed by atoms with Gasteiger partial charge in [0.05, 0.1) is 42.3 Å². The molecule has 1 fully saturated rings. The van der Waals surface area contributed by atoms with E-state index in [0.29, 0.717) is 53.3 Å². The van der Waals surface area contributed by atoms with Gasteiger partial charge in [0.1, 0.15) is 5.75 Å². The third kappa shape index (κ3) is 5.36. The highest BCUT2D eigenvalue weighted by Crippen LogP contribution is 2.32. The van der Waals surface area contributed by atoms with Crippen molar-refractivity contribution in [3.8, 4) is 5.75 Å². The Labute approximate surface area is 184 Å². The van der Waals surface area contributed by atoms with E-state index in [-0.39, 0.29) is 6.61 Å². The van der Waals surface area contributed by atoms with Crippen LogP contribution in [0.5, 0.6) is 5.75 Å². The minimum Gasteiger partial charge on any atom is -0.482 e. The standard InChI is InChI=1S/C21H22Cl2N2O5/c1-13-9-15(22)11-16(23)20(13)30-12-19(26)24-17-10-14(21(27)28-2)3-4-18(17)25-5-7-29-8-6-25/h3-4,9-11H,5-8,12H2,1-2H3,(H,24,26). The molecule has 1 aliphatic rings. The summed E-state index contributed by atoms with van der Waals surface area (Å²) in [4.78, 5) is 26.6. The Hall–Kier alpha value is -2.48. The van der Waals surface area contributed by atoms with E-state index < -0.39 is 11.9 Å². The molecule has 1 amide bonds. The Morgan fingerprint density at radius 1 is 1.17 bits per heavy atom. The Morgan fingerprint density at radius 3 is 2.57 bits per heavy atom. The van der Waals surface area contributed by atoms with Crippen molar-refractivity contribution in [3.63, 3.8) is 0 Å². The maximum atomic E-state index is 12.6. The molecule has 0 aromatic heterocycles. The van der Waals surface area contributed by atoms with Gasteiger partial charge in [-0.05, 0) is 42.8 Å². The van der Waals surface area contributed by atoms with Gasteiger partial charge in [0.25, 0.3) is 5.91 Å². The van der Waals surface area contributed by atoms with E-state index >= 15 is 0 Å². The van der Waals surface area contributed by atoms with Crippen molar-refractivity contribution >= 4 is 46.5 Å². The van der Waals surface area contributed by atoms with Gasteiger partial charge in [-0.3, -0.25) is 4.79 Å². The third-order valence-corrected chi connectivity index (χ3v) is 5.08. The number of morpholine rings is 1. The summed E-state index contributed by atoms with van der Waals surface area (Å²) in [5.74, 6) is -0.483. The lowest BCUT2D eigenvalue weighted by atomic mass is 10.1. The molecule has 30 heavy (non-hydrogen) atoms. The first-order valence-corrected chi connectivity index (χ1v) is 10.1.